The molecule has 0 spiro atoms. The van der Waals surface area contributed by atoms with Gasteiger partial charge in [0.05, 0.1) is 12.3 Å². The highest BCUT2D eigenvalue weighted by molar-refractivity contribution is 5.86. The summed E-state index contributed by atoms with van der Waals surface area (Å²) in [4.78, 5) is 11.0. The third-order valence-electron chi connectivity index (χ3n) is 2.79. The molecule has 0 atom stereocenters. The van der Waals surface area contributed by atoms with E-state index in [0.717, 1.165) is 12.8 Å². The number of hydrogen-bond acceptors (Lipinski definition) is 4. The minimum atomic E-state index is -1.06. The summed E-state index contributed by atoms with van der Waals surface area (Å²) in [6, 6.07) is 0. The largest absolute Gasteiger partial charge is 0.476 e. The number of aromatic carboxylic acids is 1. The number of aromatic nitrogens is 3. The zero-order chi connectivity index (χ0) is 13.4. The van der Waals surface area contributed by atoms with Crippen LogP contribution in [0.3, 0.4) is 0 Å². The molecule has 1 rings (SSSR count). The monoisotopic (exact) mass is 255 g/mol. The van der Waals surface area contributed by atoms with E-state index in [9.17, 15) is 4.79 Å². The number of unbranched alkanes of at least 4 members (excludes halogenated alkanes) is 4. The van der Waals surface area contributed by atoms with Crippen LogP contribution in [0.25, 0.3) is 0 Å². The fourth-order valence-corrected chi connectivity index (χ4v) is 1.82. The number of carbonyl (C=O) groups is 1. The molecule has 0 aromatic carbocycles. The van der Waals surface area contributed by atoms with Crippen molar-refractivity contribution in [2.24, 2.45) is 0 Å². The normalized spacial score (nSPS) is 10.8. The number of nitrogens with zero attached hydrogens (tertiary/aromatic N) is 3. The van der Waals surface area contributed by atoms with Gasteiger partial charge in [-0.1, -0.05) is 37.8 Å². The lowest BCUT2D eigenvalue weighted by atomic mass is 10.1. The standard InChI is InChI=1S/C12H21N3O3/c1-3-4-5-6-7-8-15-10(9-18-2)11(12(16)17)13-14-15/h3-9H2,1-2H3,(H,16,17). The van der Waals surface area contributed by atoms with E-state index in [1.165, 1.54) is 26.4 Å². The van der Waals surface area contributed by atoms with Crippen molar-refractivity contribution in [2.75, 3.05) is 7.11 Å². The summed E-state index contributed by atoms with van der Waals surface area (Å²) in [7, 11) is 1.53. The number of carboxylic acid groups (broad SMARTS) is 1. The van der Waals surface area contributed by atoms with Crippen LogP contribution in [0.4, 0.5) is 0 Å². The molecule has 0 aliphatic rings. The van der Waals surface area contributed by atoms with Gasteiger partial charge < -0.3 is 9.84 Å². The Morgan fingerprint density at radius 1 is 1.33 bits per heavy atom. The maximum Gasteiger partial charge on any atom is 0.358 e. The van der Waals surface area contributed by atoms with Crippen molar-refractivity contribution in [3.8, 4) is 0 Å². The second kappa shape index (κ2) is 7.81. The summed E-state index contributed by atoms with van der Waals surface area (Å²) >= 11 is 0. The van der Waals surface area contributed by atoms with Crippen LogP contribution in [0.2, 0.25) is 0 Å². The second-order valence-electron chi connectivity index (χ2n) is 4.26. The number of carboxylic acids is 1. The van der Waals surface area contributed by atoms with Gasteiger partial charge in [0.2, 0.25) is 0 Å². The van der Waals surface area contributed by atoms with Gasteiger partial charge in [0.1, 0.15) is 0 Å². The Kier molecular flexibility index (Phi) is 6.35. The molecule has 18 heavy (non-hydrogen) atoms. The van der Waals surface area contributed by atoms with E-state index in [2.05, 4.69) is 17.2 Å². The van der Waals surface area contributed by atoms with Gasteiger partial charge >= 0.3 is 5.97 Å². The average molecular weight is 255 g/mol. The number of ether oxygens (including phenoxy) is 1. The van der Waals surface area contributed by atoms with E-state index in [-0.39, 0.29) is 12.3 Å². The molecular formula is C12H21N3O3. The maximum atomic E-state index is 11.0. The first-order chi connectivity index (χ1) is 8.70. The molecule has 1 aromatic rings. The van der Waals surface area contributed by atoms with Crippen LogP contribution >= 0.6 is 0 Å². The topological polar surface area (TPSA) is 77.2 Å². The Morgan fingerprint density at radius 3 is 2.67 bits per heavy atom. The Bertz CT molecular complexity index is 377. The highest BCUT2D eigenvalue weighted by Gasteiger charge is 2.18. The molecular weight excluding hydrogens is 234 g/mol. The van der Waals surface area contributed by atoms with E-state index >= 15 is 0 Å². The van der Waals surface area contributed by atoms with Gasteiger partial charge in [-0.25, -0.2) is 9.48 Å². The highest BCUT2D eigenvalue weighted by atomic mass is 16.5. The molecule has 102 valence electrons. The number of methoxy groups -OCH3 is 1. The van der Waals surface area contributed by atoms with Crippen LogP contribution in [0.1, 0.15) is 55.2 Å². The predicted molar refractivity (Wildman–Crippen MR) is 66.5 cm³/mol. The van der Waals surface area contributed by atoms with Gasteiger partial charge in [-0.15, -0.1) is 5.10 Å². The summed E-state index contributed by atoms with van der Waals surface area (Å²) in [6.07, 6.45) is 5.77. The SMILES string of the molecule is CCCCCCCn1nnc(C(=O)O)c1COC. The Morgan fingerprint density at radius 2 is 2.06 bits per heavy atom. The minimum absolute atomic E-state index is 0.00888. The predicted octanol–water partition coefficient (Wildman–Crippen LogP) is 2.09. The van der Waals surface area contributed by atoms with Crippen LogP contribution in [-0.2, 0) is 17.9 Å². The first-order valence-electron chi connectivity index (χ1n) is 6.35. The Balaban J connectivity index is 2.56. The van der Waals surface area contributed by atoms with Crippen molar-refractivity contribution in [2.45, 2.75) is 52.2 Å². The number of hydrogen-bond donors (Lipinski definition) is 1. The van der Waals surface area contributed by atoms with Crippen molar-refractivity contribution < 1.29 is 14.6 Å². The van der Waals surface area contributed by atoms with Gasteiger partial charge in [0.25, 0.3) is 0 Å². The van der Waals surface area contributed by atoms with Crippen LogP contribution in [0.5, 0.6) is 0 Å². The molecule has 1 N–H and O–H groups in total. The van der Waals surface area contributed by atoms with E-state index < -0.39 is 5.97 Å². The maximum absolute atomic E-state index is 11.0. The van der Waals surface area contributed by atoms with E-state index in [0.29, 0.717) is 12.2 Å². The fourth-order valence-electron chi connectivity index (χ4n) is 1.82. The third kappa shape index (κ3) is 4.10. The van der Waals surface area contributed by atoms with Crippen molar-refractivity contribution in [3.05, 3.63) is 11.4 Å². The molecule has 0 aliphatic heterocycles. The number of rotatable bonds is 9. The lowest BCUT2D eigenvalue weighted by molar-refractivity contribution is 0.0684. The van der Waals surface area contributed by atoms with Crippen molar-refractivity contribution in [1.29, 1.82) is 0 Å². The first-order valence-corrected chi connectivity index (χ1v) is 6.35. The van der Waals surface area contributed by atoms with Crippen molar-refractivity contribution >= 4 is 5.97 Å². The number of aryl methyl sites for hydroxylation is 1. The minimum Gasteiger partial charge on any atom is -0.476 e. The zero-order valence-electron chi connectivity index (χ0n) is 11.1. The van der Waals surface area contributed by atoms with E-state index in [4.69, 9.17) is 9.84 Å². The molecule has 0 radical (unpaired) electrons. The lowest BCUT2D eigenvalue weighted by Gasteiger charge is -2.06. The highest BCUT2D eigenvalue weighted by Crippen LogP contribution is 2.10. The van der Waals surface area contributed by atoms with Crippen LogP contribution in [-0.4, -0.2) is 33.2 Å². The van der Waals surface area contributed by atoms with Crippen LogP contribution in [0, 0.1) is 0 Å². The molecule has 6 heteroatoms. The Labute approximate surface area is 107 Å². The van der Waals surface area contributed by atoms with Gasteiger partial charge in [0.15, 0.2) is 5.69 Å². The summed E-state index contributed by atoms with van der Waals surface area (Å²) in [5.74, 6) is -1.06. The molecule has 0 unspecified atom stereocenters. The summed E-state index contributed by atoms with van der Waals surface area (Å²) in [5.41, 5.74) is 0.533. The molecule has 0 saturated heterocycles. The van der Waals surface area contributed by atoms with Gasteiger partial charge in [-0.2, -0.15) is 0 Å². The van der Waals surface area contributed by atoms with Crippen LogP contribution in [0.15, 0.2) is 0 Å². The third-order valence-corrected chi connectivity index (χ3v) is 2.79. The quantitative estimate of drug-likeness (QED) is 0.684. The second-order valence-corrected chi connectivity index (χ2v) is 4.26. The van der Waals surface area contributed by atoms with Crippen molar-refractivity contribution in [1.82, 2.24) is 15.0 Å². The smallest absolute Gasteiger partial charge is 0.358 e. The molecule has 0 amide bonds. The molecule has 0 saturated carbocycles. The molecule has 1 aromatic heterocycles. The zero-order valence-corrected chi connectivity index (χ0v) is 11.1. The van der Waals surface area contributed by atoms with E-state index in [1.807, 2.05) is 0 Å². The fraction of sp³-hybridized carbons (Fsp3) is 0.750. The van der Waals surface area contributed by atoms with Gasteiger partial charge in [0, 0.05) is 13.7 Å². The van der Waals surface area contributed by atoms with Crippen LogP contribution < -0.4 is 0 Å². The molecule has 1 heterocycles. The Hall–Kier alpha value is -1.43. The molecule has 0 aliphatic carbocycles. The van der Waals surface area contributed by atoms with Gasteiger partial charge in [-0.3, -0.25) is 0 Å². The average Bonchev–Trinajstić information content (AvgIpc) is 2.73. The first kappa shape index (κ1) is 14.6. The van der Waals surface area contributed by atoms with E-state index in [1.54, 1.807) is 4.68 Å². The summed E-state index contributed by atoms with van der Waals surface area (Å²) < 4.78 is 6.64. The molecule has 0 fully saturated rings. The van der Waals surface area contributed by atoms with Gasteiger partial charge in [-0.05, 0) is 6.42 Å². The summed E-state index contributed by atoms with van der Waals surface area (Å²) in [6.45, 7) is 3.10. The lowest BCUT2D eigenvalue weighted by Crippen LogP contribution is -2.09. The molecule has 6 nitrogen and oxygen atoms in total. The van der Waals surface area contributed by atoms with Crippen molar-refractivity contribution in [3.63, 3.8) is 0 Å². The molecule has 0 bridgehead atoms. The summed E-state index contributed by atoms with van der Waals surface area (Å²) in [5, 5.41) is 16.5.